The number of carboxylic acid groups (broad SMARTS) is 2. The van der Waals surface area contributed by atoms with Crippen LogP contribution >= 0.6 is 0 Å². The molecule has 0 rings (SSSR count). The highest BCUT2D eigenvalue weighted by Crippen LogP contribution is 2.06. The van der Waals surface area contributed by atoms with E-state index in [2.05, 4.69) is 0 Å². The van der Waals surface area contributed by atoms with E-state index in [0.29, 0.717) is 0 Å². The van der Waals surface area contributed by atoms with Gasteiger partial charge in [0.1, 0.15) is 6.04 Å². The van der Waals surface area contributed by atoms with Gasteiger partial charge >= 0.3 is 11.9 Å². The molecule has 0 heterocycles. The molecule has 6 nitrogen and oxygen atoms in total. The summed E-state index contributed by atoms with van der Waals surface area (Å²) < 4.78 is 0. The summed E-state index contributed by atoms with van der Waals surface area (Å²) in [6.45, 7) is 1.19. The Morgan fingerprint density at radius 1 is 1.25 bits per heavy atom. The van der Waals surface area contributed by atoms with Crippen LogP contribution in [0.5, 0.6) is 0 Å². The van der Waals surface area contributed by atoms with E-state index in [1.807, 2.05) is 0 Å². The number of rotatable bonds is 4. The smallest absolute Gasteiger partial charge is 0.323 e. The molecule has 0 saturated heterocycles. The molecule has 0 aliphatic rings. The van der Waals surface area contributed by atoms with E-state index >= 15 is 0 Å². The maximum atomic E-state index is 10.3. The quantitative estimate of drug-likeness (QED) is 0.414. The normalized spacial score (nSPS) is 17.9. The van der Waals surface area contributed by atoms with Crippen LogP contribution < -0.4 is 5.73 Å². The third-order valence-electron chi connectivity index (χ3n) is 1.55. The van der Waals surface area contributed by atoms with Crippen LogP contribution in [0, 0.1) is 5.92 Å². The Bertz CT molecular complexity index is 172. The van der Waals surface area contributed by atoms with Gasteiger partial charge in [0, 0.05) is 0 Å². The molecule has 0 aliphatic carbocycles. The number of hydrogen-bond acceptors (Lipinski definition) is 4. The summed E-state index contributed by atoms with van der Waals surface area (Å²) in [5.41, 5.74) is 4.99. The lowest BCUT2D eigenvalue weighted by Crippen LogP contribution is -2.47. The predicted octanol–water partition coefficient (Wildman–Crippen LogP) is -1.52. The minimum Gasteiger partial charge on any atom is -0.481 e. The second-order valence-electron chi connectivity index (χ2n) is 2.48. The Morgan fingerprint density at radius 2 is 1.67 bits per heavy atom. The van der Waals surface area contributed by atoms with Gasteiger partial charge in [-0.15, -0.1) is 0 Å². The number of aliphatic hydroxyl groups excluding tert-OH is 1. The fourth-order valence-corrected chi connectivity index (χ4v) is 0.603. The van der Waals surface area contributed by atoms with Crippen LogP contribution in [-0.4, -0.2) is 39.4 Å². The number of aliphatic hydroxyl groups is 1. The van der Waals surface area contributed by atoms with Gasteiger partial charge in [0.05, 0.1) is 12.0 Å². The van der Waals surface area contributed by atoms with Crippen molar-refractivity contribution < 1.29 is 24.9 Å². The Hall–Kier alpha value is -1.14. The minimum atomic E-state index is -1.57. The van der Waals surface area contributed by atoms with Gasteiger partial charge in [-0.2, -0.15) is 0 Å². The fourth-order valence-electron chi connectivity index (χ4n) is 0.603. The fraction of sp³-hybridized carbons (Fsp3) is 0.667. The SMILES string of the molecule is C[C@@H](C(=O)O)[C@H](O)[C@H](N)C(=O)O. The zero-order chi connectivity index (χ0) is 9.89. The van der Waals surface area contributed by atoms with Crippen molar-refractivity contribution in [2.45, 2.75) is 19.1 Å². The molecule has 5 N–H and O–H groups in total. The number of carboxylic acids is 2. The van der Waals surface area contributed by atoms with E-state index in [9.17, 15) is 9.59 Å². The molecule has 0 spiro atoms. The van der Waals surface area contributed by atoms with Gasteiger partial charge in [0.15, 0.2) is 0 Å². The summed E-state index contributed by atoms with van der Waals surface area (Å²) in [5.74, 6) is -3.88. The summed E-state index contributed by atoms with van der Waals surface area (Å²) in [5, 5.41) is 25.7. The van der Waals surface area contributed by atoms with Crippen molar-refractivity contribution in [3.8, 4) is 0 Å². The molecule has 0 fully saturated rings. The zero-order valence-corrected chi connectivity index (χ0v) is 6.47. The van der Waals surface area contributed by atoms with Gasteiger partial charge in [0.2, 0.25) is 0 Å². The Labute approximate surface area is 68.6 Å². The molecule has 0 aliphatic heterocycles. The molecule has 0 aromatic carbocycles. The molecule has 12 heavy (non-hydrogen) atoms. The molecule has 0 bridgehead atoms. The van der Waals surface area contributed by atoms with Crippen LogP contribution in [0.25, 0.3) is 0 Å². The molecular formula is C6H11NO5. The van der Waals surface area contributed by atoms with E-state index in [-0.39, 0.29) is 0 Å². The first-order valence-corrected chi connectivity index (χ1v) is 3.27. The minimum absolute atomic E-state index is 1.18. The zero-order valence-electron chi connectivity index (χ0n) is 6.47. The number of nitrogens with two attached hydrogens (primary N) is 1. The average molecular weight is 177 g/mol. The van der Waals surface area contributed by atoms with Crippen molar-refractivity contribution in [1.29, 1.82) is 0 Å². The van der Waals surface area contributed by atoms with Crippen LogP contribution in [0.15, 0.2) is 0 Å². The van der Waals surface area contributed by atoms with E-state index in [1.165, 1.54) is 6.92 Å². The Morgan fingerprint density at radius 3 is 1.92 bits per heavy atom. The molecule has 0 radical (unpaired) electrons. The van der Waals surface area contributed by atoms with Gasteiger partial charge in [0.25, 0.3) is 0 Å². The first-order valence-electron chi connectivity index (χ1n) is 3.27. The highest BCUT2D eigenvalue weighted by Gasteiger charge is 2.31. The van der Waals surface area contributed by atoms with Crippen molar-refractivity contribution in [3.63, 3.8) is 0 Å². The summed E-state index contributed by atoms with van der Waals surface area (Å²) in [7, 11) is 0. The standard InChI is InChI=1S/C6H11NO5/c1-2(5(9)10)4(8)3(7)6(11)12/h2-4,8H,7H2,1H3,(H,9,10)(H,11,12)/t2-,3+,4+/m1/s1. The molecule has 3 atom stereocenters. The second kappa shape index (κ2) is 4.03. The molecular weight excluding hydrogens is 166 g/mol. The molecule has 0 unspecified atom stereocenters. The molecule has 0 amide bonds. The molecule has 0 saturated carbocycles. The number of hydrogen-bond donors (Lipinski definition) is 4. The first-order chi connectivity index (χ1) is 5.37. The summed E-state index contributed by atoms with van der Waals surface area (Å²) in [6.07, 6.45) is -1.57. The van der Waals surface area contributed by atoms with Crippen molar-refractivity contribution in [2.24, 2.45) is 11.7 Å². The van der Waals surface area contributed by atoms with Crippen molar-refractivity contribution in [3.05, 3.63) is 0 Å². The van der Waals surface area contributed by atoms with E-state index < -0.39 is 30.0 Å². The lowest BCUT2D eigenvalue weighted by molar-refractivity contribution is -0.149. The lowest BCUT2D eigenvalue weighted by atomic mass is 9.99. The van der Waals surface area contributed by atoms with Crippen molar-refractivity contribution in [2.75, 3.05) is 0 Å². The Kier molecular flexibility index (Phi) is 3.65. The van der Waals surface area contributed by atoms with Gasteiger partial charge in [-0.3, -0.25) is 9.59 Å². The highest BCUT2D eigenvalue weighted by molar-refractivity contribution is 5.77. The van der Waals surface area contributed by atoms with Gasteiger partial charge < -0.3 is 21.1 Å². The largest absolute Gasteiger partial charge is 0.481 e. The molecule has 70 valence electrons. The summed E-state index contributed by atoms with van der Waals surface area (Å²) in [4.78, 5) is 20.4. The van der Waals surface area contributed by atoms with E-state index in [4.69, 9.17) is 21.1 Å². The van der Waals surface area contributed by atoms with E-state index in [1.54, 1.807) is 0 Å². The van der Waals surface area contributed by atoms with E-state index in [0.717, 1.165) is 0 Å². The monoisotopic (exact) mass is 177 g/mol. The average Bonchev–Trinajstić information content (AvgIpc) is 2.00. The van der Waals surface area contributed by atoms with Crippen LogP contribution in [-0.2, 0) is 9.59 Å². The third kappa shape index (κ3) is 2.48. The van der Waals surface area contributed by atoms with Crippen LogP contribution in [0.1, 0.15) is 6.92 Å². The molecule has 0 aromatic heterocycles. The predicted molar refractivity (Wildman–Crippen MR) is 38.4 cm³/mol. The third-order valence-corrected chi connectivity index (χ3v) is 1.55. The van der Waals surface area contributed by atoms with Crippen molar-refractivity contribution in [1.82, 2.24) is 0 Å². The van der Waals surface area contributed by atoms with Crippen LogP contribution in [0.2, 0.25) is 0 Å². The topological polar surface area (TPSA) is 121 Å². The number of carbonyl (C=O) groups is 2. The summed E-state index contributed by atoms with van der Waals surface area (Å²) >= 11 is 0. The van der Waals surface area contributed by atoms with Gasteiger partial charge in [-0.05, 0) is 6.92 Å². The second-order valence-corrected chi connectivity index (χ2v) is 2.48. The van der Waals surface area contributed by atoms with Gasteiger partial charge in [-0.25, -0.2) is 0 Å². The summed E-state index contributed by atoms with van der Waals surface area (Å²) in [6, 6.07) is -1.56. The van der Waals surface area contributed by atoms with Gasteiger partial charge in [-0.1, -0.05) is 0 Å². The van der Waals surface area contributed by atoms with Crippen molar-refractivity contribution >= 4 is 11.9 Å². The maximum Gasteiger partial charge on any atom is 0.323 e. The van der Waals surface area contributed by atoms with Crippen LogP contribution in [0.3, 0.4) is 0 Å². The maximum absolute atomic E-state index is 10.3. The highest BCUT2D eigenvalue weighted by atomic mass is 16.4. The lowest BCUT2D eigenvalue weighted by Gasteiger charge is -2.18. The Balaban J connectivity index is 4.28. The molecule has 0 aromatic rings. The number of aliphatic carboxylic acids is 2. The molecule has 6 heteroatoms. The van der Waals surface area contributed by atoms with Crippen LogP contribution in [0.4, 0.5) is 0 Å². The first kappa shape index (κ1) is 10.9.